The molecule has 78 valence electrons. The summed E-state index contributed by atoms with van der Waals surface area (Å²) in [6.45, 7) is 5.43. The zero-order chi connectivity index (χ0) is 9.84. The van der Waals surface area contributed by atoms with Crippen molar-refractivity contribution in [1.29, 1.82) is 0 Å². The molecule has 1 fully saturated rings. The molecule has 1 atom stereocenters. The minimum atomic E-state index is 0.522. The Morgan fingerprint density at radius 2 is 2.00 bits per heavy atom. The first-order valence-corrected chi connectivity index (χ1v) is 5.25. The Morgan fingerprint density at radius 3 is 2.46 bits per heavy atom. The van der Waals surface area contributed by atoms with Gasteiger partial charge in [-0.15, -0.1) is 0 Å². The van der Waals surface area contributed by atoms with Crippen LogP contribution in [-0.4, -0.2) is 55.6 Å². The Hall–Kier alpha value is -0.120. The van der Waals surface area contributed by atoms with Gasteiger partial charge < -0.3 is 10.6 Å². The smallest absolute Gasteiger partial charge is 0.0190 e. The van der Waals surface area contributed by atoms with E-state index in [0.717, 1.165) is 12.6 Å². The van der Waals surface area contributed by atoms with Crippen LogP contribution in [0.1, 0.15) is 19.8 Å². The zero-order valence-corrected chi connectivity index (χ0v) is 9.16. The number of piperidine rings is 1. The van der Waals surface area contributed by atoms with Crippen molar-refractivity contribution < 1.29 is 0 Å². The van der Waals surface area contributed by atoms with Crippen LogP contribution in [0, 0.1) is 0 Å². The van der Waals surface area contributed by atoms with E-state index in [1.165, 1.54) is 25.9 Å². The van der Waals surface area contributed by atoms with Gasteiger partial charge in [-0.05, 0) is 47.0 Å². The monoisotopic (exact) mass is 185 g/mol. The Bertz CT molecular complexity index is 141. The van der Waals surface area contributed by atoms with E-state index in [0.29, 0.717) is 6.04 Å². The molecule has 0 aromatic carbocycles. The third-order valence-electron chi connectivity index (χ3n) is 3.30. The highest BCUT2D eigenvalue weighted by Gasteiger charge is 2.22. The molecule has 3 nitrogen and oxygen atoms in total. The first kappa shape index (κ1) is 11.0. The predicted octanol–water partition coefficient (Wildman–Crippen LogP) is 0.360. The van der Waals surface area contributed by atoms with Gasteiger partial charge in [-0.2, -0.15) is 0 Å². The number of likely N-dealkylation sites (N-methyl/N-ethyl adjacent to an activating group) is 1. The van der Waals surface area contributed by atoms with E-state index in [4.69, 9.17) is 5.73 Å². The fourth-order valence-corrected chi connectivity index (χ4v) is 1.93. The van der Waals surface area contributed by atoms with Gasteiger partial charge >= 0.3 is 0 Å². The van der Waals surface area contributed by atoms with E-state index in [1.807, 2.05) is 0 Å². The molecule has 3 heteroatoms. The number of nitrogens with two attached hydrogens (primary N) is 1. The van der Waals surface area contributed by atoms with Crippen LogP contribution in [-0.2, 0) is 0 Å². The van der Waals surface area contributed by atoms with Gasteiger partial charge in [0.05, 0.1) is 0 Å². The molecule has 0 bridgehead atoms. The first-order chi connectivity index (χ1) is 6.15. The lowest BCUT2D eigenvalue weighted by molar-refractivity contribution is 0.116. The van der Waals surface area contributed by atoms with E-state index in [1.54, 1.807) is 0 Å². The molecule has 1 aliphatic heterocycles. The van der Waals surface area contributed by atoms with Gasteiger partial charge in [0, 0.05) is 18.6 Å². The molecule has 0 aromatic rings. The molecule has 0 radical (unpaired) electrons. The van der Waals surface area contributed by atoms with Crippen molar-refractivity contribution >= 4 is 0 Å². The van der Waals surface area contributed by atoms with E-state index >= 15 is 0 Å². The standard InChI is InChI=1S/C10H23N3/c1-9(8-11)13(3)10-4-6-12(2)7-5-10/h9-10H,4-8,11H2,1-3H3/t9-/m0/s1. The van der Waals surface area contributed by atoms with Crippen LogP contribution < -0.4 is 5.73 Å². The molecule has 0 aliphatic carbocycles. The van der Waals surface area contributed by atoms with E-state index < -0.39 is 0 Å². The molecule has 0 amide bonds. The van der Waals surface area contributed by atoms with Gasteiger partial charge in [-0.3, -0.25) is 4.90 Å². The molecule has 0 spiro atoms. The summed E-state index contributed by atoms with van der Waals surface area (Å²) < 4.78 is 0. The molecular formula is C10H23N3. The van der Waals surface area contributed by atoms with Gasteiger partial charge in [-0.1, -0.05) is 0 Å². The van der Waals surface area contributed by atoms with Crippen LogP contribution in [0.15, 0.2) is 0 Å². The van der Waals surface area contributed by atoms with E-state index in [9.17, 15) is 0 Å². The molecule has 0 saturated carbocycles. The predicted molar refractivity (Wildman–Crippen MR) is 56.8 cm³/mol. The summed E-state index contributed by atoms with van der Waals surface area (Å²) in [4.78, 5) is 4.84. The zero-order valence-electron chi connectivity index (χ0n) is 9.16. The molecule has 1 aliphatic rings. The van der Waals surface area contributed by atoms with Crippen LogP contribution in [0.5, 0.6) is 0 Å². The maximum absolute atomic E-state index is 5.65. The molecule has 13 heavy (non-hydrogen) atoms. The summed E-state index contributed by atoms with van der Waals surface area (Å²) in [5.41, 5.74) is 5.65. The highest BCUT2D eigenvalue weighted by Crippen LogP contribution is 2.15. The lowest BCUT2D eigenvalue weighted by Crippen LogP contribution is -2.47. The highest BCUT2D eigenvalue weighted by molar-refractivity contribution is 4.79. The third-order valence-corrected chi connectivity index (χ3v) is 3.30. The summed E-state index contributed by atoms with van der Waals surface area (Å²) in [5.74, 6) is 0. The Labute approximate surface area is 81.9 Å². The fraction of sp³-hybridized carbons (Fsp3) is 1.00. The molecule has 0 unspecified atom stereocenters. The Morgan fingerprint density at radius 1 is 1.46 bits per heavy atom. The number of likely N-dealkylation sites (tertiary alicyclic amines) is 1. The lowest BCUT2D eigenvalue weighted by Gasteiger charge is -2.37. The second-order valence-electron chi connectivity index (χ2n) is 4.28. The van der Waals surface area contributed by atoms with E-state index in [2.05, 4.69) is 30.8 Å². The SMILES string of the molecule is C[C@@H](CN)N(C)C1CCN(C)CC1. The molecule has 1 rings (SSSR count). The van der Waals surface area contributed by atoms with Crippen LogP contribution in [0.2, 0.25) is 0 Å². The maximum Gasteiger partial charge on any atom is 0.0190 e. The quantitative estimate of drug-likeness (QED) is 0.689. The van der Waals surface area contributed by atoms with Crippen molar-refractivity contribution in [2.75, 3.05) is 33.7 Å². The maximum atomic E-state index is 5.65. The van der Waals surface area contributed by atoms with Gasteiger partial charge in [-0.25, -0.2) is 0 Å². The van der Waals surface area contributed by atoms with E-state index in [-0.39, 0.29) is 0 Å². The van der Waals surface area contributed by atoms with Crippen molar-refractivity contribution in [2.45, 2.75) is 31.8 Å². The first-order valence-electron chi connectivity index (χ1n) is 5.25. The normalized spacial score (nSPS) is 23.8. The largest absolute Gasteiger partial charge is 0.329 e. The van der Waals surface area contributed by atoms with Crippen molar-refractivity contribution in [3.8, 4) is 0 Å². The average molecular weight is 185 g/mol. The van der Waals surface area contributed by atoms with Gasteiger partial charge in [0.1, 0.15) is 0 Å². The average Bonchev–Trinajstić information content (AvgIpc) is 2.17. The van der Waals surface area contributed by atoms with Crippen LogP contribution in [0.4, 0.5) is 0 Å². The second-order valence-corrected chi connectivity index (χ2v) is 4.28. The number of hydrogen-bond donors (Lipinski definition) is 1. The molecule has 1 saturated heterocycles. The minimum Gasteiger partial charge on any atom is -0.329 e. The van der Waals surface area contributed by atoms with Crippen molar-refractivity contribution in [3.05, 3.63) is 0 Å². The highest BCUT2D eigenvalue weighted by atomic mass is 15.2. The molecule has 1 heterocycles. The van der Waals surface area contributed by atoms with Crippen molar-refractivity contribution in [2.24, 2.45) is 5.73 Å². The van der Waals surface area contributed by atoms with Crippen LogP contribution >= 0.6 is 0 Å². The molecule has 2 N–H and O–H groups in total. The summed E-state index contributed by atoms with van der Waals surface area (Å²) in [5, 5.41) is 0. The summed E-state index contributed by atoms with van der Waals surface area (Å²) in [6.07, 6.45) is 2.58. The molecule has 0 aromatic heterocycles. The summed E-state index contributed by atoms with van der Waals surface area (Å²) >= 11 is 0. The van der Waals surface area contributed by atoms with Crippen molar-refractivity contribution in [3.63, 3.8) is 0 Å². The van der Waals surface area contributed by atoms with Crippen LogP contribution in [0.25, 0.3) is 0 Å². The second kappa shape index (κ2) is 4.94. The lowest BCUT2D eigenvalue weighted by atomic mass is 10.0. The summed E-state index contributed by atoms with van der Waals surface area (Å²) in [7, 11) is 4.40. The van der Waals surface area contributed by atoms with Gasteiger partial charge in [0.25, 0.3) is 0 Å². The minimum absolute atomic E-state index is 0.522. The summed E-state index contributed by atoms with van der Waals surface area (Å²) in [6, 6.07) is 1.27. The molecular weight excluding hydrogens is 162 g/mol. The van der Waals surface area contributed by atoms with Gasteiger partial charge in [0.15, 0.2) is 0 Å². The Kier molecular flexibility index (Phi) is 4.16. The number of nitrogens with zero attached hydrogens (tertiary/aromatic N) is 2. The number of rotatable bonds is 3. The Balaban J connectivity index is 2.35. The van der Waals surface area contributed by atoms with Crippen LogP contribution in [0.3, 0.4) is 0 Å². The topological polar surface area (TPSA) is 32.5 Å². The fourth-order valence-electron chi connectivity index (χ4n) is 1.93. The van der Waals surface area contributed by atoms with Gasteiger partial charge in [0.2, 0.25) is 0 Å². The van der Waals surface area contributed by atoms with Crippen molar-refractivity contribution in [1.82, 2.24) is 9.80 Å². The third kappa shape index (κ3) is 2.93. The number of hydrogen-bond acceptors (Lipinski definition) is 3.